The molecule has 0 saturated heterocycles. The largest absolute Gasteiger partial charge is 0.398 e. The minimum absolute atomic E-state index is 0.141. The van der Waals surface area contributed by atoms with Crippen LogP contribution in [-0.4, -0.2) is 11.6 Å². The van der Waals surface area contributed by atoms with Crippen LogP contribution in [0.2, 0.25) is 0 Å². The van der Waals surface area contributed by atoms with Gasteiger partial charge in [0.05, 0.1) is 5.56 Å². The van der Waals surface area contributed by atoms with Gasteiger partial charge in [-0.2, -0.15) is 0 Å². The molecule has 0 heterocycles. The van der Waals surface area contributed by atoms with Crippen molar-refractivity contribution in [3.05, 3.63) is 100 Å². The highest BCUT2D eigenvalue weighted by atomic mass is 16.1. The van der Waals surface area contributed by atoms with Crippen molar-refractivity contribution in [2.24, 2.45) is 0 Å². The first-order valence-corrected chi connectivity index (χ1v) is 7.80. The highest BCUT2D eigenvalue weighted by molar-refractivity contribution is 6.30. The maximum Gasteiger partial charge on any atom is 0.196 e. The van der Waals surface area contributed by atoms with Crippen LogP contribution in [0.4, 0.5) is 5.69 Å². The average molecular weight is 313 g/mol. The maximum absolute atomic E-state index is 12.8. The lowest BCUT2D eigenvalue weighted by Gasteiger charge is -2.20. The van der Waals surface area contributed by atoms with Crippen molar-refractivity contribution in [2.75, 3.05) is 5.73 Å². The van der Waals surface area contributed by atoms with Gasteiger partial charge in [0.1, 0.15) is 0 Å². The van der Waals surface area contributed by atoms with E-state index in [0.29, 0.717) is 34.4 Å². The summed E-state index contributed by atoms with van der Waals surface area (Å²) >= 11 is 0. The standard InChI is InChI=1S/C21H15NO2/c22-19-14(12-13-6-2-1-3-7-13)10-11-17-18(19)21(24)16-9-5-4-8-15(16)20(17)23/h1-11H,12,22H2. The van der Waals surface area contributed by atoms with Crippen molar-refractivity contribution in [1.82, 2.24) is 0 Å². The highest BCUT2D eigenvalue weighted by Gasteiger charge is 2.31. The molecule has 3 aromatic carbocycles. The lowest BCUT2D eigenvalue weighted by molar-refractivity contribution is 0.0979. The average Bonchev–Trinajstić information content (AvgIpc) is 2.62. The Morgan fingerprint density at radius 2 is 1.29 bits per heavy atom. The molecule has 3 heteroatoms. The van der Waals surface area contributed by atoms with Gasteiger partial charge in [0.15, 0.2) is 11.6 Å². The van der Waals surface area contributed by atoms with Crippen LogP contribution >= 0.6 is 0 Å². The minimum atomic E-state index is -0.174. The molecule has 1 aliphatic carbocycles. The second-order valence-electron chi connectivity index (χ2n) is 5.93. The topological polar surface area (TPSA) is 60.2 Å². The molecule has 1 aliphatic rings. The fraction of sp³-hybridized carbons (Fsp3) is 0.0476. The van der Waals surface area contributed by atoms with Crippen molar-refractivity contribution in [2.45, 2.75) is 6.42 Å². The van der Waals surface area contributed by atoms with Gasteiger partial charge in [-0.05, 0) is 23.6 Å². The van der Waals surface area contributed by atoms with Crippen molar-refractivity contribution >= 4 is 17.3 Å². The first-order chi connectivity index (χ1) is 11.7. The van der Waals surface area contributed by atoms with E-state index in [2.05, 4.69) is 0 Å². The molecule has 0 unspecified atom stereocenters. The summed E-state index contributed by atoms with van der Waals surface area (Å²) in [6.45, 7) is 0. The van der Waals surface area contributed by atoms with Gasteiger partial charge in [0, 0.05) is 22.4 Å². The van der Waals surface area contributed by atoms with E-state index in [-0.39, 0.29) is 11.6 Å². The number of hydrogen-bond donors (Lipinski definition) is 1. The fourth-order valence-corrected chi connectivity index (χ4v) is 3.23. The number of carbonyl (C=O) groups excluding carboxylic acids is 2. The third-order valence-corrected chi connectivity index (χ3v) is 4.46. The van der Waals surface area contributed by atoms with Crippen LogP contribution in [0.15, 0.2) is 66.7 Å². The second-order valence-corrected chi connectivity index (χ2v) is 5.93. The van der Waals surface area contributed by atoms with E-state index in [1.54, 1.807) is 30.3 Å². The number of nitrogens with two attached hydrogens (primary N) is 1. The minimum Gasteiger partial charge on any atom is -0.398 e. The van der Waals surface area contributed by atoms with Crippen molar-refractivity contribution in [1.29, 1.82) is 0 Å². The number of hydrogen-bond acceptors (Lipinski definition) is 3. The van der Waals surface area contributed by atoms with Crippen LogP contribution < -0.4 is 5.73 Å². The number of nitrogen functional groups attached to an aromatic ring is 1. The summed E-state index contributed by atoms with van der Waals surface area (Å²) in [6, 6.07) is 20.4. The fourth-order valence-electron chi connectivity index (χ4n) is 3.23. The van der Waals surface area contributed by atoms with Gasteiger partial charge < -0.3 is 5.73 Å². The third-order valence-electron chi connectivity index (χ3n) is 4.46. The summed E-state index contributed by atoms with van der Waals surface area (Å²) in [6.07, 6.45) is 0.628. The number of carbonyl (C=O) groups is 2. The zero-order chi connectivity index (χ0) is 16.7. The summed E-state index contributed by atoms with van der Waals surface area (Å²) in [7, 11) is 0. The molecule has 24 heavy (non-hydrogen) atoms. The van der Waals surface area contributed by atoms with E-state index in [4.69, 9.17) is 5.73 Å². The van der Waals surface area contributed by atoms with E-state index < -0.39 is 0 Å². The van der Waals surface area contributed by atoms with Crippen LogP contribution in [0.5, 0.6) is 0 Å². The van der Waals surface area contributed by atoms with Gasteiger partial charge in [0.2, 0.25) is 0 Å². The smallest absolute Gasteiger partial charge is 0.196 e. The Balaban J connectivity index is 1.84. The van der Waals surface area contributed by atoms with Crippen LogP contribution in [0.1, 0.15) is 43.0 Å². The molecule has 0 amide bonds. The molecule has 4 rings (SSSR count). The van der Waals surface area contributed by atoms with E-state index in [1.165, 1.54) is 0 Å². The van der Waals surface area contributed by atoms with Crippen molar-refractivity contribution in [3.63, 3.8) is 0 Å². The summed E-state index contributed by atoms with van der Waals surface area (Å²) in [5.74, 6) is -0.314. The highest BCUT2D eigenvalue weighted by Crippen LogP contribution is 2.33. The maximum atomic E-state index is 12.8. The SMILES string of the molecule is Nc1c(Cc2ccccc2)ccc2c1C(=O)c1ccccc1C2=O. The molecule has 3 aromatic rings. The Labute approximate surface area is 139 Å². The number of rotatable bonds is 2. The monoisotopic (exact) mass is 313 g/mol. The van der Waals surface area contributed by atoms with Gasteiger partial charge in [-0.25, -0.2) is 0 Å². The molecule has 3 nitrogen and oxygen atoms in total. The molecule has 2 N–H and O–H groups in total. The summed E-state index contributed by atoms with van der Waals surface area (Å²) in [4.78, 5) is 25.5. The molecule has 0 fully saturated rings. The summed E-state index contributed by atoms with van der Waals surface area (Å²) in [5, 5.41) is 0. The zero-order valence-electron chi connectivity index (χ0n) is 13.0. The van der Waals surface area contributed by atoms with Gasteiger partial charge in [-0.3, -0.25) is 9.59 Å². The number of fused-ring (bicyclic) bond motifs is 2. The van der Waals surface area contributed by atoms with E-state index in [1.807, 2.05) is 36.4 Å². The van der Waals surface area contributed by atoms with E-state index >= 15 is 0 Å². The van der Waals surface area contributed by atoms with Crippen molar-refractivity contribution < 1.29 is 9.59 Å². The molecule has 116 valence electrons. The first-order valence-electron chi connectivity index (χ1n) is 7.80. The number of anilines is 1. The van der Waals surface area contributed by atoms with Gasteiger partial charge in [0.25, 0.3) is 0 Å². The van der Waals surface area contributed by atoms with Crippen molar-refractivity contribution in [3.8, 4) is 0 Å². The summed E-state index contributed by atoms with van der Waals surface area (Å²) in [5.41, 5.74) is 10.3. The Hall–Kier alpha value is -3.20. The molecular formula is C21H15NO2. The molecule has 0 spiro atoms. The van der Waals surface area contributed by atoms with Gasteiger partial charge in [-0.1, -0.05) is 60.7 Å². The first kappa shape index (κ1) is 14.4. The third kappa shape index (κ3) is 2.14. The Kier molecular flexibility index (Phi) is 3.28. The quantitative estimate of drug-likeness (QED) is 0.575. The van der Waals surface area contributed by atoms with Crippen LogP contribution in [0.25, 0.3) is 0 Å². The predicted molar refractivity (Wildman–Crippen MR) is 93.4 cm³/mol. The predicted octanol–water partition coefficient (Wildman–Crippen LogP) is 3.64. The van der Waals surface area contributed by atoms with Gasteiger partial charge >= 0.3 is 0 Å². The molecule has 0 radical (unpaired) electrons. The molecule has 0 atom stereocenters. The Bertz CT molecular complexity index is 974. The second kappa shape index (κ2) is 5.46. The van der Waals surface area contributed by atoms with E-state index in [0.717, 1.165) is 11.1 Å². The normalized spacial score (nSPS) is 12.7. The molecular weight excluding hydrogens is 298 g/mol. The Morgan fingerprint density at radius 1 is 0.667 bits per heavy atom. The van der Waals surface area contributed by atoms with E-state index in [9.17, 15) is 9.59 Å². The zero-order valence-corrected chi connectivity index (χ0v) is 13.0. The molecule has 0 aromatic heterocycles. The molecule has 0 aliphatic heterocycles. The van der Waals surface area contributed by atoms with Gasteiger partial charge in [-0.15, -0.1) is 0 Å². The van der Waals surface area contributed by atoms with Crippen LogP contribution in [0, 0.1) is 0 Å². The summed E-state index contributed by atoms with van der Waals surface area (Å²) < 4.78 is 0. The molecule has 0 saturated carbocycles. The number of benzene rings is 3. The molecule has 0 bridgehead atoms. The Morgan fingerprint density at radius 3 is 2.00 bits per heavy atom. The lowest BCUT2D eigenvalue weighted by atomic mass is 9.81. The number of ketones is 2. The van der Waals surface area contributed by atoms with Crippen LogP contribution in [0.3, 0.4) is 0 Å². The van der Waals surface area contributed by atoms with Crippen LogP contribution in [-0.2, 0) is 6.42 Å². The lowest BCUT2D eigenvalue weighted by Crippen LogP contribution is -2.23.